The quantitative estimate of drug-likeness (QED) is 0.720. The van der Waals surface area contributed by atoms with Crippen LogP contribution in [0.2, 0.25) is 0 Å². The van der Waals surface area contributed by atoms with Crippen molar-refractivity contribution >= 4 is 11.9 Å². The number of carbonyl (C=O) groups excluding carboxylic acids is 1. The largest absolute Gasteiger partial charge is 0.481 e. The van der Waals surface area contributed by atoms with Crippen molar-refractivity contribution in [3.63, 3.8) is 0 Å². The number of amides is 1. The van der Waals surface area contributed by atoms with Crippen LogP contribution in [0.15, 0.2) is 42.9 Å². The molecule has 0 radical (unpaired) electrons. The summed E-state index contributed by atoms with van der Waals surface area (Å²) in [6.07, 6.45) is 3.16. The van der Waals surface area contributed by atoms with Gasteiger partial charge >= 0.3 is 0 Å². The third kappa shape index (κ3) is 3.18. The molecule has 4 heterocycles. The predicted molar refractivity (Wildman–Crippen MR) is 108 cm³/mol. The topological polar surface area (TPSA) is 100 Å². The molecule has 0 spiro atoms. The number of hydrogen-bond donors (Lipinski definition) is 1. The molecule has 0 aliphatic carbocycles. The van der Waals surface area contributed by atoms with Crippen LogP contribution >= 0.6 is 0 Å². The molecule has 9 nitrogen and oxygen atoms in total. The second-order valence-corrected chi connectivity index (χ2v) is 7.41. The molecule has 150 valence electrons. The average Bonchev–Trinajstić information content (AvgIpc) is 3.49. The molecule has 2 aromatic heterocycles. The average molecular weight is 393 g/mol. The van der Waals surface area contributed by atoms with E-state index in [1.807, 2.05) is 29.2 Å². The highest BCUT2D eigenvalue weighted by atomic mass is 16.5. The van der Waals surface area contributed by atoms with Gasteiger partial charge in [0.1, 0.15) is 6.33 Å². The van der Waals surface area contributed by atoms with Crippen molar-refractivity contribution in [3.05, 3.63) is 48.4 Å². The van der Waals surface area contributed by atoms with E-state index in [1.165, 1.54) is 6.33 Å². The molecular formula is C20H23N7O2. The number of aromatic amines is 1. The first kappa shape index (κ1) is 17.6. The van der Waals surface area contributed by atoms with Crippen molar-refractivity contribution in [2.75, 3.05) is 38.2 Å². The molecule has 2 unspecified atom stereocenters. The van der Waals surface area contributed by atoms with Crippen LogP contribution in [0.3, 0.4) is 0 Å². The highest BCUT2D eigenvalue weighted by Crippen LogP contribution is 2.34. The van der Waals surface area contributed by atoms with E-state index in [-0.39, 0.29) is 7.33 Å². The van der Waals surface area contributed by atoms with E-state index in [0.717, 1.165) is 31.7 Å². The highest BCUT2D eigenvalue weighted by Gasteiger charge is 2.42. The second kappa shape index (κ2) is 7.16. The highest BCUT2D eigenvalue weighted by molar-refractivity contribution is 6.00. The number of rotatable bonds is 4. The van der Waals surface area contributed by atoms with Gasteiger partial charge in [0.15, 0.2) is 5.82 Å². The van der Waals surface area contributed by atoms with Gasteiger partial charge in [0.05, 0.1) is 12.7 Å². The van der Waals surface area contributed by atoms with Gasteiger partial charge in [-0.1, -0.05) is 18.2 Å². The van der Waals surface area contributed by atoms with Gasteiger partial charge in [0.2, 0.25) is 11.8 Å². The van der Waals surface area contributed by atoms with Crippen LogP contribution in [0.25, 0.3) is 11.4 Å². The monoisotopic (exact) mass is 393 g/mol. The summed E-state index contributed by atoms with van der Waals surface area (Å²) < 4.78 is 5.20. The number of carbonyl (C=O) groups is 1. The van der Waals surface area contributed by atoms with Gasteiger partial charge in [-0.2, -0.15) is 10.1 Å². The van der Waals surface area contributed by atoms with Crippen molar-refractivity contribution in [1.29, 1.82) is 0 Å². The van der Waals surface area contributed by atoms with E-state index < -0.39 is 0 Å². The Labute approximate surface area is 169 Å². The minimum Gasteiger partial charge on any atom is -0.481 e. The standard InChI is InChI=1S/C20H21N7O2.H2/c1-29-17-6-7-21-20(24-17)27-10-13-8-26(9-14(13)11-27)19(28)16-5-3-2-4-15(16)18-22-12-23-25-18;/h2-7,12-14H,8-11H2,1H3,(H,22,23,25);1H. The van der Waals surface area contributed by atoms with E-state index >= 15 is 0 Å². The summed E-state index contributed by atoms with van der Waals surface area (Å²) >= 11 is 0. The molecular weight excluding hydrogens is 370 g/mol. The first-order valence-corrected chi connectivity index (χ1v) is 9.59. The summed E-state index contributed by atoms with van der Waals surface area (Å²) in [5.41, 5.74) is 1.43. The lowest BCUT2D eigenvalue weighted by molar-refractivity contribution is 0.0783. The van der Waals surface area contributed by atoms with Crippen molar-refractivity contribution in [3.8, 4) is 17.3 Å². The molecule has 2 saturated heterocycles. The van der Waals surface area contributed by atoms with Gasteiger partial charge in [-0.3, -0.25) is 9.89 Å². The van der Waals surface area contributed by atoms with Crippen LogP contribution in [0.5, 0.6) is 5.88 Å². The molecule has 0 bridgehead atoms. The maximum absolute atomic E-state index is 13.2. The lowest BCUT2D eigenvalue weighted by atomic mass is 10.0. The normalized spacial score (nSPS) is 20.7. The Morgan fingerprint density at radius 1 is 1.14 bits per heavy atom. The number of methoxy groups -OCH3 is 1. The van der Waals surface area contributed by atoms with E-state index in [2.05, 4.69) is 30.0 Å². The van der Waals surface area contributed by atoms with Crippen molar-refractivity contribution in [2.45, 2.75) is 0 Å². The first-order valence-electron chi connectivity index (χ1n) is 9.59. The van der Waals surface area contributed by atoms with Crippen LogP contribution in [0.4, 0.5) is 5.95 Å². The zero-order valence-corrected chi connectivity index (χ0v) is 16.0. The summed E-state index contributed by atoms with van der Waals surface area (Å²) in [4.78, 5) is 30.4. The van der Waals surface area contributed by atoms with Crippen LogP contribution in [-0.4, -0.2) is 69.2 Å². The zero-order chi connectivity index (χ0) is 19.8. The summed E-state index contributed by atoms with van der Waals surface area (Å²) in [7, 11) is 1.60. The number of nitrogens with one attached hydrogen (secondary N) is 1. The third-order valence-electron chi connectivity index (χ3n) is 5.71. The summed E-state index contributed by atoms with van der Waals surface area (Å²) in [6.45, 7) is 3.14. The van der Waals surface area contributed by atoms with Crippen molar-refractivity contribution in [2.24, 2.45) is 11.8 Å². The Morgan fingerprint density at radius 2 is 1.93 bits per heavy atom. The molecule has 5 rings (SSSR count). The van der Waals surface area contributed by atoms with Gasteiger partial charge in [0.25, 0.3) is 5.91 Å². The fraction of sp³-hybridized carbons (Fsp3) is 0.350. The molecule has 2 aliphatic heterocycles. The molecule has 2 aliphatic rings. The number of anilines is 1. The lowest BCUT2D eigenvalue weighted by Crippen LogP contribution is -2.34. The first-order chi connectivity index (χ1) is 14.2. The van der Waals surface area contributed by atoms with Crippen LogP contribution in [0.1, 0.15) is 11.8 Å². The van der Waals surface area contributed by atoms with Gasteiger partial charge in [-0.25, -0.2) is 9.97 Å². The minimum atomic E-state index is 0. The van der Waals surface area contributed by atoms with E-state index in [9.17, 15) is 4.79 Å². The Balaban J connectivity index is 0.00000218. The summed E-state index contributed by atoms with van der Waals surface area (Å²) in [5.74, 6) is 2.71. The van der Waals surface area contributed by atoms with Gasteiger partial charge < -0.3 is 14.5 Å². The lowest BCUT2D eigenvalue weighted by Gasteiger charge is -2.22. The van der Waals surface area contributed by atoms with Crippen LogP contribution < -0.4 is 9.64 Å². The predicted octanol–water partition coefficient (Wildman–Crippen LogP) is 1.72. The number of benzene rings is 1. The van der Waals surface area contributed by atoms with Crippen LogP contribution in [-0.2, 0) is 0 Å². The SMILES string of the molecule is COc1ccnc(N2CC3CN(C(=O)c4ccccc4-c4ncn[nH]4)CC3C2)n1.[HH]. The summed E-state index contributed by atoms with van der Waals surface area (Å²) in [6, 6.07) is 9.27. The minimum absolute atomic E-state index is 0. The van der Waals surface area contributed by atoms with Gasteiger partial charge in [0, 0.05) is 57.3 Å². The fourth-order valence-electron chi connectivity index (χ4n) is 4.30. The number of aromatic nitrogens is 5. The molecule has 29 heavy (non-hydrogen) atoms. The molecule has 2 atom stereocenters. The van der Waals surface area contributed by atoms with E-state index in [1.54, 1.807) is 19.4 Å². The molecule has 9 heteroatoms. The maximum Gasteiger partial charge on any atom is 0.254 e. The Kier molecular flexibility index (Phi) is 4.34. The number of hydrogen-bond acceptors (Lipinski definition) is 7. The Hall–Kier alpha value is -3.49. The number of fused-ring (bicyclic) bond motifs is 1. The van der Waals surface area contributed by atoms with E-state index in [0.29, 0.717) is 35.1 Å². The van der Waals surface area contributed by atoms with Crippen LogP contribution in [0, 0.1) is 11.8 Å². The molecule has 2 fully saturated rings. The number of likely N-dealkylation sites (tertiary alicyclic amines) is 1. The smallest absolute Gasteiger partial charge is 0.254 e. The molecule has 3 aromatic rings. The zero-order valence-electron chi connectivity index (χ0n) is 16.0. The number of nitrogens with zero attached hydrogens (tertiary/aromatic N) is 6. The molecule has 0 saturated carbocycles. The van der Waals surface area contributed by atoms with Gasteiger partial charge in [-0.05, 0) is 6.07 Å². The maximum atomic E-state index is 13.2. The molecule has 1 amide bonds. The Bertz CT molecular complexity index is 1020. The van der Waals surface area contributed by atoms with E-state index in [4.69, 9.17) is 4.74 Å². The van der Waals surface area contributed by atoms with Gasteiger partial charge in [-0.15, -0.1) is 0 Å². The van der Waals surface area contributed by atoms with Crippen molar-refractivity contribution < 1.29 is 11.0 Å². The molecule has 1 aromatic carbocycles. The number of H-pyrrole nitrogens is 1. The second-order valence-electron chi connectivity index (χ2n) is 7.41. The third-order valence-corrected chi connectivity index (χ3v) is 5.71. The summed E-state index contributed by atoms with van der Waals surface area (Å²) in [5, 5.41) is 6.76. The fourth-order valence-corrected chi connectivity index (χ4v) is 4.30. The Morgan fingerprint density at radius 3 is 2.66 bits per heavy atom. The number of ether oxygens (including phenoxy) is 1. The molecule has 1 N–H and O–H groups in total. The van der Waals surface area contributed by atoms with Crippen molar-refractivity contribution in [1.82, 2.24) is 30.0 Å².